The van der Waals surface area contributed by atoms with Crippen molar-refractivity contribution < 1.29 is 27.5 Å². The molecule has 1 aliphatic rings. The number of rotatable bonds is 3. The number of ether oxygens (including phenoxy) is 1. The topological polar surface area (TPSA) is 43.4 Å². The van der Waals surface area contributed by atoms with Crippen LogP contribution < -0.4 is 0 Å². The lowest BCUT2D eigenvalue weighted by molar-refractivity contribution is -0.137. The van der Waals surface area contributed by atoms with E-state index in [1.807, 2.05) is 0 Å². The molecule has 0 aromatic heterocycles. The summed E-state index contributed by atoms with van der Waals surface area (Å²) in [5.74, 6) is -0.725. The molecule has 2 aromatic carbocycles. The van der Waals surface area contributed by atoms with Crippen LogP contribution in [0.4, 0.5) is 13.2 Å². The number of halogens is 3. The quantitative estimate of drug-likeness (QED) is 0.719. The lowest BCUT2D eigenvalue weighted by Crippen LogP contribution is -2.30. The summed E-state index contributed by atoms with van der Waals surface area (Å²) in [6.07, 6.45) is -2.62. The van der Waals surface area contributed by atoms with Gasteiger partial charge in [-0.05, 0) is 48.6 Å². The van der Waals surface area contributed by atoms with Gasteiger partial charge in [0.1, 0.15) is 0 Å². The molecule has 0 heterocycles. The van der Waals surface area contributed by atoms with Gasteiger partial charge in [0.15, 0.2) is 11.9 Å². The summed E-state index contributed by atoms with van der Waals surface area (Å²) in [5.41, 5.74) is 0.412. The Morgan fingerprint density at radius 2 is 1.69 bits per heavy atom. The van der Waals surface area contributed by atoms with E-state index in [-0.39, 0.29) is 11.3 Å². The first kappa shape index (κ1) is 18.2. The minimum atomic E-state index is -4.42. The van der Waals surface area contributed by atoms with Gasteiger partial charge in [-0.25, -0.2) is 4.79 Å². The molecule has 26 heavy (non-hydrogen) atoms. The summed E-state index contributed by atoms with van der Waals surface area (Å²) < 4.78 is 43.5. The monoisotopic (exact) mass is 362 g/mol. The van der Waals surface area contributed by atoms with E-state index in [1.54, 1.807) is 24.3 Å². The highest BCUT2D eigenvalue weighted by atomic mass is 19.4. The smallest absolute Gasteiger partial charge is 0.416 e. The number of carbonyl (C=O) groups excluding carboxylic acids is 2. The second-order valence-electron chi connectivity index (χ2n) is 6.23. The molecule has 0 unspecified atom stereocenters. The van der Waals surface area contributed by atoms with Gasteiger partial charge in [-0.2, -0.15) is 13.2 Å². The van der Waals surface area contributed by atoms with Gasteiger partial charge in [0.2, 0.25) is 0 Å². The molecule has 1 saturated carbocycles. The first-order valence-electron chi connectivity index (χ1n) is 8.36. The van der Waals surface area contributed by atoms with Crippen LogP contribution in [0.5, 0.6) is 0 Å². The lowest BCUT2D eigenvalue weighted by atomic mass is 9.96. The Bertz CT molecular complexity index is 810. The number of carbonyl (C=O) groups is 2. The van der Waals surface area contributed by atoms with Crippen LogP contribution in [0.3, 0.4) is 0 Å². The summed E-state index contributed by atoms with van der Waals surface area (Å²) in [7, 11) is 0. The molecule has 136 valence electrons. The molecule has 6 heteroatoms. The zero-order valence-corrected chi connectivity index (χ0v) is 13.9. The van der Waals surface area contributed by atoms with E-state index in [2.05, 4.69) is 0 Å². The maximum absolute atomic E-state index is 12.7. The molecule has 1 aliphatic carbocycles. The van der Waals surface area contributed by atoms with Crippen LogP contribution >= 0.6 is 0 Å². The maximum atomic E-state index is 12.7. The Morgan fingerprint density at radius 3 is 2.35 bits per heavy atom. The van der Waals surface area contributed by atoms with Crippen molar-refractivity contribution in [3.63, 3.8) is 0 Å². The molecule has 0 N–H and O–H groups in total. The van der Waals surface area contributed by atoms with Crippen molar-refractivity contribution in [2.24, 2.45) is 0 Å². The second-order valence-corrected chi connectivity index (χ2v) is 6.23. The van der Waals surface area contributed by atoms with Crippen molar-refractivity contribution in [1.29, 1.82) is 0 Å². The zero-order valence-electron chi connectivity index (χ0n) is 13.9. The van der Waals surface area contributed by atoms with Crippen molar-refractivity contribution in [3.05, 3.63) is 59.7 Å². The number of hydrogen-bond donors (Lipinski definition) is 0. The minimum absolute atomic E-state index is 0.0865. The largest absolute Gasteiger partial charge is 0.451 e. The van der Waals surface area contributed by atoms with Gasteiger partial charge in [-0.15, -0.1) is 0 Å². The third kappa shape index (κ3) is 3.95. The molecule has 3 rings (SSSR count). The highest BCUT2D eigenvalue weighted by molar-refractivity contribution is 5.99. The van der Waals surface area contributed by atoms with Crippen LogP contribution in [-0.2, 0) is 15.7 Å². The molecule has 2 aromatic rings. The van der Waals surface area contributed by atoms with Crippen LogP contribution in [-0.4, -0.2) is 17.9 Å². The van der Waals surface area contributed by atoms with Crippen LogP contribution in [0.25, 0.3) is 11.1 Å². The van der Waals surface area contributed by atoms with Gasteiger partial charge in [-0.3, -0.25) is 4.79 Å². The van der Waals surface area contributed by atoms with Gasteiger partial charge in [0.05, 0.1) is 11.1 Å². The number of hydrogen-bond acceptors (Lipinski definition) is 3. The molecular formula is C20H17F3O3. The molecular weight excluding hydrogens is 345 g/mol. The molecule has 0 spiro atoms. The summed E-state index contributed by atoms with van der Waals surface area (Å²) in [6, 6.07) is 11.1. The van der Waals surface area contributed by atoms with E-state index in [4.69, 9.17) is 4.74 Å². The fraction of sp³-hybridized carbons (Fsp3) is 0.300. The lowest BCUT2D eigenvalue weighted by Gasteiger charge is -2.21. The Hall–Kier alpha value is -2.63. The molecule has 0 aliphatic heterocycles. The molecule has 0 amide bonds. The second kappa shape index (κ2) is 7.32. The van der Waals surface area contributed by atoms with E-state index in [9.17, 15) is 22.8 Å². The Labute approximate surface area is 148 Å². The molecule has 0 saturated heterocycles. The van der Waals surface area contributed by atoms with Gasteiger partial charge in [0.25, 0.3) is 0 Å². The zero-order chi connectivity index (χ0) is 18.7. The van der Waals surface area contributed by atoms with Gasteiger partial charge in [-0.1, -0.05) is 30.3 Å². The predicted molar refractivity (Wildman–Crippen MR) is 89.6 cm³/mol. The van der Waals surface area contributed by atoms with Crippen LogP contribution in [0.2, 0.25) is 0 Å². The van der Waals surface area contributed by atoms with E-state index in [0.29, 0.717) is 24.0 Å². The first-order valence-corrected chi connectivity index (χ1v) is 8.36. The fourth-order valence-electron chi connectivity index (χ4n) is 3.02. The van der Waals surface area contributed by atoms with E-state index in [0.717, 1.165) is 25.0 Å². The van der Waals surface area contributed by atoms with Crippen LogP contribution in [0.15, 0.2) is 48.5 Å². The molecule has 1 fully saturated rings. The van der Waals surface area contributed by atoms with E-state index >= 15 is 0 Å². The third-order valence-corrected chi connectivity index (χ3v) is 4.42. The van der Waals surface area contributed by atoms with Crippen molar-refractivity contribution in [2.45, 2.75) is 38.0 Å². The van der Waals surface area contributed by atoms with Crippen molar-refractivity contribution in [3.8, 4) is 11.1 Å². The highest BCUT2D eigenvalue weighted by Crippen LogP contribution is 2.32. The Morgan fingerprint density at radius 1 is 1.00 bits per heavy atom. The molecule has 3 nitrogen and oxygen atoms in total. The predicted octanol–water partition coefficient (Wildman–Crippen LogP) is 5.04. The van der Waals surface area contributed by atoms with Crippen molar-refractivity contribution >= 4 is 11.8 Å². The number of esters is 1. The molecule has 0 bridgehead atoms. The van der Waals surface area contributed by atoms with Crippen molar-refractivity contribution in [1.82, 2.24) is 0 Å². The third-order valence-electron chi connectivity index (χ3n) is 4.42. The van der Waals surface area contributed by atoms with Crippen LogP contribution in [0, 0.1) is 0 Å². The Balaban J connectivity index is 1.86. The highest BCUT2D eigenvalue weighted by Gasteiger charge is 2.30. The van der Waals surface area contributed by atoms with Crippen molar-refractivity contribution in [2.75, 3.05) is 0 Å². The summed E-state index contributed by atoms with van der Waals surface area (Å²) in [5, 5.41) is 0. The summed E-state index contributed by atoms with van der Waals surface area (Å²) >= 11 is 0. The van der Waals surface area contributed by atoms with Gasteiger partial charge in [0, 0.05) is 6.42 Å². The average Bonchev–Trinajstić information content (AvgIpc) is 2.63. The first-order chi connectivity index (χ1) is 12.4. The van der Waals surface area contributed by atoms with E-state index in [1.165, 1.54) is 12.1 Å². The molecule has 1 atom stereocenters. The SMILES string of the molecule is O=C(O[C@@H]1CCCCC1=O)c1ccccc1-c1ccc(C(F)(F)F)cc1. The standard InChI is InChI=1S/C20H17F3O3/c21-20(22,23)14-11-9-13(10-12-14)15-5-1-2-6-16(15)19(25)26-18-8-4-3-7-17(18)24/h1-2,5-6,9-12,18H,3-4,7-8H2/t18-/m1/s1. The number of ketones is 1. The minimum Gasteiger partial charge on any atom is -0.451 e. The normalized spacial score (nSPS) is 17.8. The maximum Gasteiger partial charge on any atom is 0.416 e. The Kier molecular flexibility index (Phi) is 5.11. The van der Waals surface area contributed by atoms with Crippen LogP contribution in [0.1, 0.15) is 41.6 Å². The number of benzene rings is 2. The van der Waals surface area contributed by atoms with E-state index < -0.39 is 23.8 Å². The van der Waals surface area contributed by atoms with Gasteiger partial charge < -0.3 is 4.74 Å². The number of Topliss-reactive ketones (excluding diaryl/α,β-unsaturated/α-hetero) is 1. The average molecular weight is 362 g/mol. The summed E-state index contributed by atoms with van der Waals surface area (Å²) in [6.45, 7) is 0. The number of alkyl halides is 3. The van der Waals surface area contributed by atoms with Gasteiger partial charge >= 0.3 is 12.1 Å². The molecule has 0 radical (unpaired) electrons. The fourth-order valence-corrected chi connectivity index (χ4v) is 3.02. The summed E-state index contributed by atoms with van der Waals surface area (Å²) in [4.78, 5) is 24.4.